The summed E-state index contributed by atoms with van der Waals surface area (Å²) in [6.07, 6.45) is 6.07. The minimum atomic E-state index is -0.868. The summed E-state index contributed by atoms with van der Waals surface area (Å²) in [6, 6.07) is -0.0446. The topological polar surface area (TPSA) is 104 Å². The molecule has 1 fully saturated rings. The van der Waals surface area contributed by atoms with Crippen LogP contribution in [0.15, 0.2) is 4.34 Å². The number of nitrogens with zero attached hydrogens (tertiary/aromatic N) is 2. The molecule has 1 aromatic heterocycles. The van der Waals surface area contributed by atoms with Crippen molar-refractivity contribution in [2.75, 3.05) is 5.32 Å². The molecule has 2 rings (SSSR count). The Bertz CT molecular complexity index is 517. The molecule has 0 saturated heterocycles. The molecule has 0 unspecified atom stereocenters. The number of amides is 2. The molecule has 0 aromatic carbocycles. The van der Waals surface area contributed by atoms with Gasteiger partial charge >= 0.3 is 12.0 Å². The first-order valence-electron chi connectivity index (χ1n) is 7.39. The number of anilines is 1. The number of rotatable bonds is 6. The van der Waals surface area contributed by atoms with Crippen molar-refractivity contribution in [3.63, 3.8) is 0 Å². The van der Waals surface area contributed by atoms with Crippen molar-refractivity contribution < 1.29 is 14.7 Å². The highest BCUT2D eigenvalue weighted by Gasteiger charge is 2.20. The molecule has 122 valence electrons. The summed E-state index contributed by atoms with van der Waals surface area (Å²) in [7, 11) is 0. The van der Waals surface area contributed by atoms with Crippen LogP contribution in [-0.2, 0) is 4.79 Å². The highest BCUT2D eigenvalue weighted by atomic mass is 32.2. The largest absolute Gasteiger partial charge is 0.480 e. The normalized spacial score (nSPS) is 17.0. The lowest BCUT2D eigenvalue weighted by Gasteiger charge is -2.22. The van der Waals surface area contributed by atoms with Gasteiger partial charge in [0.05, 0.1) is 0 Å². The number of carboxylic acids is 1. The molecule has 1 heterocycles. The van der Waals surface area contributed by atoms with E-state index in [4.69, 9.17) is 5.11 Å². The zero-order valence-corrected chi connectivity index (χ0v) is 14.0. The van der Waals surface area contributed by atoms with E-state index in [0.717, 1.165) is 37.4 Å². The number of nitrogens with one attached hydrogen (secondary N) is 2. The minimum absolute atomic E-state index is 0.229. The molecule has 22 heavy (non-hydrogen) atoms. The summed E-state index contributed by atoms with van der Waals surface area (Å²) in [5.74, 6) is -0.868. The SMILES string of the molecule is CC[C@@H](Sc1nnc(NC(=O)NC2CCCCC2)s1)C(=O)O. The Balaban J connectivity index is 1.83. The van der Waals surface area contributed by atoms with Gasteiger partial charge in [0, 0.05) is 6.04 Å². The molecular formula is C13H20N4O3S2. The fourth-order valence-electron chi connectivity index (χ4n) is 2.30. The molecule has 0 aliphatic heterocycles. The Hall–Kier alpha value is -1.35. The summed E-state index contributed by atoms with van der Waals surface area (Å²) < 4.78 is 0.544. The second kappa shape index (κ2) is 8.33. The molecule has 1 aromatic rings. The number of thioether (sulfide) groups is 1. The number of aromatic nitrogens is 2. The van der Waals surface area contributed by atoms with Crippen LogP contribution in [0.1, 0.15) is 45.4 Å². The molecule has 1 saturated carbocycles. The van der Waals surface area contributed by atoms with Gasteiger partial charge in [-0.2, -0.15) is 0 Å². The van der Waals surface area contributed by atoms with Gasteiger partial charge < -0.3 is 10.4 Å². The molecule has 3 N–H and O–H groups in total. The number of carboxylic acid groups (broad SMARTS) is 1. The Morgan fingerprint density at radius 2 is 2.09 bits per heavy atom. The van der Waals surface area contributed by atoms with Gasteiger partial charge in [-0.1, -0.05) is 49.3 Å². The molecular weight excluding hydrogens is 324 g/mol. The number of aliphatic carboxylic acids is 1. The second-order valence-electron chi connectivity index (χ2n) is 5.16. The Morgan fingerprint density at radius 3 is 2.73 bits per heavy atom. The maximum Gasteiger partial charge on any atom is 0.321 e. The predicted octanol–water partition coefficient (Wildman–Crippen LogP) is 2.95. The van der Waals surface area contributed by atoms with Gasteiger partial charge in [-0.05, 0) is 19.3 Å². The zero-order valence-electron chi connectivity index (χ0n) is 12.4. The van der Waals surface area contributed by atoms with Crippen molar-refractivity contribution in [1.29, 1.82) is 0 Å². The first kappa shape index (κ1) is 17.0. The van der Waals surface area contributed by atoms with Crippen LogP contribution in [0.3, 0.4) is 0 Å². The molecule has 0 bridgehead atoms. The third kappa shape index (κ3) is 5.13. The number of carbonyl (C=O) groups is 2. The lowest BCUT2D eigenvalue weighted by atomic mass is 9.96. The van der Waals surface area contributed by atoms with Crippen molar-refractivity contribution in [2.24, 2.45) is 0 Å². The highest BCUT2D eigenvalue weighted by molar-refractivity contribution is 8.02. The standard InChI is InChI=1S/C13H20N4O3S2/c1-2-9(10(18)19)21-13-17-16-12(22-13)15-11(20)14-8-6-4-3-5-7-8/h8-9H,2-7H2,1H3,(H,18,19)(H2,14,15,16,20)/t9-/m1/s1. The molecule has 7 nitrogen and oxygen atoms in total. The van der Waals surface area contributed by atoms with Crippen LogP contribution < -0.4 is 10.6 Å². The van der Waals surface area contributed by atoms with Crippen LogP contribution in [-0.4, -0.2) is 38.6 Å². The van der Waals surface area contributed by atoms with Crippen molar-refractivity contribution in [2.45, 2.75) is 61.1 Å². The van der Waals surface area contributed by atoms with Crippen LogP contribution in [0.4, 0.5) is 9.93 Å². The Kier molecular flexibility index (Phi) is 6.44. The van der Waals surface area contributed by atoms with Crippen LogP contribution in [0.2, 0.25) is 0 Å². The molecule has 2 amide bonds. The fraction of sp³-hybridized carbons (Fsp3) is 0.692. The van der Waals surface area contributed by atoms with E-state index >= 15 is 0 Å². The third-order valence-electron chi connectivity index (χ3n) is 3.46. The van der Waals surface area contributed by atoms with Crippen molar-refractivity contribution in [1.82, 2.24) is 15.5 Å². The van der Waals surface area contributed by atoms with Crippen LogP contribution in [0.5, 0.6) is 0 Å². The number of hydrogen-bond acceptors (Lipinski definition) is 6. The van der Waals surface area contributed by atoms with Crippen molar-refractivity contribution in [3.05, 3.63) is 0 Å². The maximum absolute atomic E-state index is 11.9. The second-order valence-corrected chi connectivity index (χ2v) is 7.59. The predicted molar refractivity (Wildman–Crippen MR) is 86.5 cm³/mol. The quantitative estimate of drug-likeness (QED) is 0.541. The van der Waals surface area contributed by atoms with Crippen LogP contribution >= 0.6 is 23.1 Å². The van der Waals surface area contributed by atoms with Gasteiger partial charge in [-0.3, -0.25) is 10.1 Å². The van der Waals surface area contributed by atoms with E-state index in [1.54, 1.807) is 0 Å². The van der Waals surface area contributed by atoms with E-state index in [1.165, 1.54) is 17.8 Å². The third-order valence-corrected chi connectivity index (χ3v) is 5.73. The van der Waals surface area contributed by atoms with Gasteiger partial charge in [0.25, 0.3) is 0 Å². The fourth-order valence-corrected chi connectivity index (χ4v) is 4.15. The molecule has 1 atom stereocenters. The molecule has 1 aliphatic rings. The van der Waals surface area contributed by atoms with Crippen LogP contribution in [0.25, 0.3) is 0 Å². The summed E-state index contributed by atoms with van der Waals surface area (Å²) in [5.41, 5.74) is 0. The summed E-state index contributed by atoms with van der Waals surface area (Å²) in [5, 5.41) is 22.3. The van der Waals surface area contributed by atoms with Gasteiger partial charge in [-0.25, -0.2) is 4.79 Å². The summed E-state index contributed by atoms with van der Waals surface area (Å²) >= 11 is 2.34. The zero-order chi connectivity index (χ0) is 15.9. The average molecular weight is 344 g/mol. The van der Waals surface area contributed by atoms with E-state index in [1.807, 2.05) is 6.92 Å². The molecule has 0 spiro atoms. The smallest absolute Gasteiger partial charge is 0.321 e. The maximum atomic E-state index is 11.9. The Labute approximate surface area is 137 Å². The van der Waals surface area contributed by atoms with Crippen molar-refractivity contribution >= 4 is 40.2 Å². The highest BCUT2D eigenvalue weighted by Crippen LogP contribution is 2.30. The lowest BCUT2D eigenvalue weighted by Crippen LogP contribution is -2.38. The molecule has 0 radical (unpaired) electrons. The van der Waals surface area contributed by atoms with E-state index in [2.05, 4.69) is 20.8 Å². The summed E-state index contributed by atoms with van der Waals surface area (Å²) in [4.78, 5) is 22.9. The Morgan fingerprint density at radius 1 is 1.36 bits per heavy atom. The van der Waals surface area contributed by atoms with E-state index in [0.29, 0.717) is 15.9 Å². The van der Waals surface area contributed by atoms with Crippen molar-refractivity contribution in [3.8, 4) is 0 Å². The number of hydrogen-bond donors (Lipinski definition) is 3. The molecule has 9 heteroatoms. The van der Waals surface area contributed by atoms with E-state index in [9.17, 15) is 9.59 Å². The number of carbonyl (C=O) groups excluding carboxylic acids is 1. The minimum Gasteiger partial charge on any atom is -0.480 e. The monoisotopic (exact) mass is 344 g/mol. The summed E-state index contributed by atoms with van der Waals surface area (Å²) in [6.45, 7) is 1.81. The molecule has 1 aliphatic carbocycles. The van der Waals surface area contributed by atoms with Gasteiger partial charge in [0.15, 0.2) is 4.34 Å². The average Bonchev–Trinajstić information content (AvgIpc) is 2.92. The van der Waals surface area contributed by atoms with Crippen LogP contribution in [0, 0.1) is 0 Å². The first-order valence-corrected chi connectivity index (χ1v) is 9.08. The van der Waals surface area contributed by atoms with E-state index in [-0.39, 0.29) is 12.1 Å². The lowest BCUT2D eigenvalue weighted by molar-refractivity contribution is -0.136. The number of urea groups is 1. The van der Waals surface area contributed by atoms with Gasteiger partial charge in [0.1, 0.15) is 5.25 Å². The van der Waals surface area contributed by atoms with Gasteiger partial charge in [0.2, 0.25) is 5.13 Å². The first-order chi connectivity index (χ1) is 10.6. The van der Waals surface area contributed by atoms with Gasteiger partial charge in [-0.15, -0.1) is 10.2 Å². The van der Waals surface area contributed by atoms with E-state index < -0.39 is 11.2 Å².